The molecule has 0 saturated carbocycles. The maximum atomic E-state index is 12.5. The highest BCUT2D eigenvalue weighted by atomic mass is 35.5. The van der Waals surface area contributed by atoms with Crippen LogP contribution in [0.2, 0.25) is 10.0 Å². The van der Waals surface area contributed by atoms with Gasteiger partial charge < -0.3 is 5.32 Å². The summed E-state index contributed by atoms with van der Waals surface area (Å²) in [5.41, 5.74) is 2.48. The van der Waals surface area contributed by atoms with Crippen LogP contribution in [-0.2, 0) is 16.4 Å². The number of carbonyl (C=O) groups excluding carboxylic acids is 1. The first kappa shape index (κ1) is 19.0. The Balaban J connectivity index is 1.86. The molecule has 1 N–H and O–H groups in total. The molecule has 2 aromatic carbocycles. The van der Waals surface area contributed by atoms with Crippen molar-refractivity contribution in [2.24, 2.45) is 0 Å². The van der Waals surface area contributed by atoms with Gasteiger partial charge in [-0.25, -0.2) is 8.42 Å². The van der Waals surface area contributed by atoms with Gasteiger partial charge in [0.05, 0.1) is 21.5 Å². The number of halogens is 2. The zero-order valence-corrected chi connectivity index (χ0v) is 16.6. The summed E-state index contributed by atoms with van der Waals surface area (Å²) in [5.74, 6) is -0.258. The molecule has 1 amide bonds. The summed E-state index contributed by atoms with van der Waals surface area (Å²) < 4.78 is 26.1. The molecule has 0 bridgehead atoms. The van der Waals surface area contributed by atoms with Gasteiger partial charge in [0.15, 0.2) is 0 Å². The Hall–Kier alpha value is -1.76. The van der Waals surface area contributed by atoms with E-state index in [4.69, 9.17) is 23.2 Å². The van der Waals surface area contributed by atoms with Crippen LogP contribution in [0.25, 0.3) is 0 Å². The number of carbonyl (C=O) groups is 1. The number of hydrogen-bond donors (Lipinski definition) is 1. The summed E-state index contributed by atoms with van der Waals surface area (Å²) in [7, 11) is -3.35. The molecule has 0 radical (unpaired) electrons. The van der Waals surface area contributed by atoms with Crippen LogP contribution in [0.15, 0.2) is 36.4 Å². The van der Waals surface area contributed by atoms with E-state index in [-0.39, 0.29) is 17.7 Å². The van der Waals surface area contributed by atoms with Crippen molar-refractivity contribution >= 4 is 50.5 Å². The van der Waals surface area contributed by atoms with E-state index >= 15 is 0 Å². The van der Waals surface area contributed by atoms with E-state index in [0.717, 1.165) is 5.56 Å². The second kappa shape index (κ2) is 7.10. The van der Waals surface area contributed by atoms with E-state index in [1.54, 1.807) is 43.3 Å². The molecule has 0 aromatic heterocycles. The number of sulfonamides is 1. The number of benzene rings is 2. The standard InChI is InChI=1S/C18H18Cl2N2O3S/c1-3-26(24,25)22-11(2)8-13-9-12(4-7-17(13)22)18(23)21-14-5-6-15(19)16(20)10-14/h4-7,9-11H,3,8H2,1-2H3,(H,21,23)/t11-/m0/s1. The number of amides is 1. The van der Waals surface area contributed by atoms with Crippen molar-refractivity contribution in [2.75, 3.05) is 15.4 Å². The number of nitrogens with zero attached hydrogens (tertiary/aromatic N) is 1. The van der Waals surface area contributed by atoms with Crippen molar-refractivity contribution in [3.8, 4) is 0 Å². The third-order valence-electron chi connectivity index (χ3n) is 4.34. The molecular weight excluding hydrogens is 395 g/mol. The largest absolute Gasteiger partial charge is 0.322 e. The van der Waals surface area contributed by atoms with Gasteiger partial charge in [-0.1, -0.05) is 23.2 Å². The number of rotatable bonds is 4. The second-order valence-corrected chi connectivity index (χ2v) is 9.13. The van der Waals surface area contributed by atoms with Gasteiger partial charge in [-0.2, -0.15) is 0 Å². The normalized spacial score (nSPS) is 16.5. The van der Waals surface area contributed by atoms with Crippen LogP contribution in [0, 0.1) is 0 Å². The van der Waals surface area contributed by atoms with Gasteiger partial charge in [0.25, 0.3) is 5.91 Å². The molecular formula is C18H18Cl2N2O3S. The summed E-state index contributed by atoms with van der Waals surface area (Å²) in [6, 6.07) is 9.74. The highest BCUT2D eigenvalue weighted by Crippen LogP contribution is 2.35. The van der Waals surface area contributed by atoms with E-state index in [0.29, 0.717) is 33.4 Å². The van der Waals surface area contributed by atoms with Gasteiger partial charge in [0, 0.05) is 17.3 Å². The maximum absolute atomic E-state index is 12.5. The molecule has 0 aliphatic carbocycles. The van der Waals surface area contributed by atoms with Crippen molar-refractivity contribution in [2.45, 2.75) is 26.3 Å². The summed E-state index contributed by atoms with van der Waals surface area (Å²) in [4.78, 5) is 12.5. The molecule has 0 spiro atoms. The van der Waals surface area contributed by atoms with E-state index < -0.39 is 10.0 Å². The highest BCUT2D eigenvalue weighted by molar-refractivity contribution is 7.92. The minimum atomic E-state index is -3.35. The van der Waals surface area contributed by atoms with Crippen LogP contribution in [0.5, 0.6) is 0 Å². The van der Waals surface area contributed by atoms with E-state index in [2.05, 4.69) is 5.32 Å². The fourth-order valence-corrected chi connectivity index (χ4v) is 4.76. The molecule has 1 heterocycles. The zero-order valence-electron chi connectivity index (χ0n) is 14.3. The Morgan fingerprint density at radius 3 is 2.58 bits per heavy atom. The van der Waals surface area contributed by atoms with Gasteiger partial charge >= 0.3 is 0 Å². The lowest BCUT2D eigenvalue weighted by Crippen LogP contribution is -2.36. The number of nitrogens with one attached hydrogen (secondary N) is 1. The van der Waals surface area contributed by atoms with Crippen LogP contribution >= 0.6 is 23.2 Å². The fraction of sp³-hybridized carbons (Fsp3) is 0.278. The molecule has 1 aliphatic rings. The Kier molecular flexibility index (Phi) is 5.19. The lowest BCUT2D eigenvalue weighted by molar-refractivity contribution is 0.102. The van der Waals surface area contributed by atoms with Crippen molar-refractivity contribution in [3.05, 3.63) is 57.6 Å². The molecule has 1 aliphatic heterocycles. The van der Waals surface area contributed by atoms with Crippen LogP contribution < -0.4 is 9.62 Å². The molecule has 138 valence electrons. The minimum Gasteiger partial charge on any atom is -0.322 e. The van der Waals surface area contributed by atoms with Gasteiger partial charge in [-0.05, 0) is 62.2 Å². The van der Waals surface area contributed by atoms with Gasteiger partial charge in [0.2, 0.25) is 10.0 Å². The van der Waals surface area contributed by atoms with E-state index in [1.807, 2.05) is 6.92 Å². The Morgan fingerprint density at radius 1 is 1.19 bits per heavy atom. The SMILES string of the molecule is CCS(=O)(=O)N1c2ccc(C(=O)Nc3ccc(Cl)c(Cl)c3)cc2C[C@@H]1C. The van der Waals surface area contributed by atoms with Gasteiger partial charge in [-0.3, -0.25) is 9.10 Å². The zero-order chi connectivity index (χ0) is 19.1. The minimum absolute atomic E-state index is 0.0380. The predicted molar refractivity (Wildman–Crippen MR) is 106 cm³/mol. The summed E-state index contributed by atoms with van der Waals surface area (Å²) in [6.07, 6.45) is 0.572. The quantitative estimate of drug-likeness (QED) is 0.811. The summed E-state index contributed by atoms with van der Waals surface area (Å²) in [5, 5.41) is 3.53. The molecule has 0 unspecified atom stereocenters. The molecule has 3 rings (SSSR count). The van der Waals surface area contributed by atoms with Crippen molar-refractivity contribution in [3.63, 3.8) is 0 Å². The number of hydrogen-bond acceptors (Lipinski definition) is 3. The Morgan fingerprint density at radius 2 is 1.92 bits per heavy atom. The average Bonchev–Trinajstić information content (AvgIpc) is 2.93. The molecule has 0 fully saturated rings. The van der Waals surface area contributed by atoms with Crippen LogP contribution in [0.4, 0.5) is 11.4 Å². The number of anilines is 2. The van der Waals surface area contributed by atoms with Crippen molar-refractivity contribution in [1.82, 2.24) is 0 Å². The average molecular weight is 413 g/mol. The number of fused-ring (bicyclic) bond motifs is 1. The third-order valence-corrected chi connectivity index (χ3v) is 6.96. The molecule has 8 heteroatoms. The molecule has 1 atom stereocenters. The fourth-order valence-electron chi connectivity index (χ4n) is 3.08. The lowest BCUT2D eigenvalue weighted by atomic mass is 10.1. The maximum Gasteiger partial charge on any atom is 0.255 e. The molecule has 2 aromatic rings. The second-order valence-electron chi connectivity index (χ2n) is 6.18. The van der Waals surface area contributed by atoms with Crippen LogP contribution in [0.3, 0.4) is 0 Å². The lowest BCUT2D eigenvalue weighted by Gasteiger charge is -2.23. The molecule has 5 nitrogen and oxygen atoms in total. The monoisotopic (exact) mass is 412 g/mol. The first-order chi connectivity index (χ1) is 12.2. The molecule has 26 heavy (non-hydrogen) atoms. The smallest absolute Gasteiger partial charge is 0.255 e. The third kappa shape index (κ3) is 3.54. The van der Waals surface area contributed by atoms with Crippen molar-refractivity contribution in [1.29, 1.82) is 0 Å². The topological polar surface area (TPSA) is 66.5 Å². The first-order valence-corrected chi connectivity index (χ1v) is 10.5. The van der Waals surface area contributed by atoms with Gasteiger partial charge in [0.1, 0.15) is 0 Å². The summed E-state index contributed by atoms with van der Waals surface area (Å²) >= 11 is 11.8. The van der Waals surface area contributed by atoms with E-state index in [9.17, 15) is 13.2 Å². The highest BCUT2D eigenvalue weighted by Gasteiger charge is 2.34. The summed E-state index contributed by atoms with van der Waals surface area (Å²) in [6.45, 7) is 3.49. The van der Waals surface area contributed by atoms with Gasteiger partial charge in [-0.15, -0.1) is 0 Å². The van der Waals surface area contributed by atoms with Crippen LogP contribution in [0.1, 0.15) is 29.8 Å². The first-order valence-electron chi connectivity index (χ1n) is 8.14. The van der Waals surface area contributed by atoms with Crippen LogP contribution in [-0.4, -0.2) is 26.1 Å². The van der Waals surface area contributed by atoms with Crippen molar-refractivity contribution < 1.29 is 13.2 Å². The van der Waals surface area contributed by atoms with E-state index in [1.165, 1.54) is 4.31 Å². The Bertz CT molecular complexity index is 976. The molecule has 0 saturated heterocycles. The predicted octanol–water partition coefficient (Wildman–Crippen LogP) is 4.35. The Labute approximate surface area is 163 Å².